The minimum atomic E-state index is 0.342. The van der Waals surface area contributed by atoms with E-state index in [0.29, 0.717) is 34.6 Å². The van der Waals surface area contributed by atoms with Gasteiger partial charge in [0.1, 0.15) is 29.4 Å². The summed E-state index contributed by atoms with van der Waals surface area (Å²) in [5.74, 6) is 2.09. The fourth-order valence-electron chi connectivity index (χ4n) is 3.98. The molecule has 2 aromatic carbocycles. The molecule has 4 aromatic heterocycles. The van der Waals surface area contributed by atoms with Gasteiger partial charge in [0.15, 0.2) is 5.76 Å². The van der Waals surface area contributed by atoms with Gasteiger partial charge in [-0.2, -0.15) is 0 Å². The summed E-state index contributed by atoms with van der Waals surface area (Å²) in [7, 11) is 3.22. The van der Waals surface area contributed by atoms with Crippen molar-refractivity contribution >= 4 is 27.3 Å². The predicted molar refractivity (Wildman–Crippen MR) is 138 cm³/mol. The molecule has 0 N–H and O–H groups in total. The van der Waals surface area contributed by atoms with Crippen molar-refractivity contribution in [2.75, 3.05) is 14.2 Å². The maximum absolute atomic E-state index is 6.19. The second-order valence-electron chi connectivity index (χ2n) is 8.27. The summed E-state index contributed by atoms with van der Waals surface area (Å²) in [6, 6.07) is 17.8. The molecular weight excluding hydrogens is 476 g/mol. The number of benzene rings is 2. The lowest BCUT2D eigenvalue weighted by atomic mass is 10.1. The molecule has 9 heteroatoms. The van der Waals surface area contributed by atoms with Crippen molar-refractivity contribution in [1.29, 1.82) is 0 Å². The third-order valence-corrected chi connectivity index (χ3v) is 6.70. The zero-order chi connectivity index (χ0) is 24.6. The molecule has 0 amide bonds. The van der Waals surface area contributed by atoms with Crippen molar-refractivity contribution in [2.24, 2.45) is 0 Å². The number of aryl methyl sites for hydroxylation is 1. The van der Waals surface area contributed by atoms with Crippen LogP contribution in [0.25, 0.3) is 38.6 Å². The Morgan fingerprint density at radius 2 is 1.89 bits per heavy atom. The number of fused-ring (bicyclic) bond motifs is 2. The molecule has 0 spiro atoms. The molecule has 0 unspecified atom stereocenters. The number of aromatic nitrogens is 4. The zero-order valence-corrected chi connectivity index (χ0v) is 20.7. The van der Waals surface area contributed by atoms with Crippen molar-refractivity contribution in [3.8, 4) is 39.4 Å². The van der Waals surface area contributed by atoms with Crippen molar-refractivity contribution in [2.45, 2.75) is 13.5 Å². The van der Waals surface area contributed by atoms with E-state index in [1.807, 2.05) is 67.8 Å². The smallest absolute Gasteiger partial charge is 0.294 e. The fourth-order valence-corrected chi connectivity index (χ4v) is 4.67. The average Bonchev–Trinajstić information content (AvgIpc) is 3.60. The molecule has 0 aliphatic heterocycles. The summed E-state index contributed by atoms with van der Waals surface area (Å²) in [6.45, 7) is 2.37. The second-order valence-corrected chi connectivity index (χ2v) is 9.19. The summed E-state index contributed by atoms with van der Waals surface area (Å²) < 4.78 is 24.7. The average molecular weight is 499 g/mol. The summed E-state index contributed by atoms with van der Waals surface area (Å²) in [4.78, 5) is 9.88. The largest absolute Gasteiger partial charge is 0.497 e. The van der Waals surface area contributed by atoms with Gasteiger partial charge in [0, 0.05) is 28.8 Å². The van der Waals surface area contributed by atoms with Crippen molar-refractivity contribution in [3.63, 3.8) is 0 Å². The third-order valence-electron chi connectivity index (χ3n) is 5.82. The van der Waals surface area contributed by atoms with E-state index < -0.39 is 0 Å². The number of pyridine rings is 1. The predicted octanol–water partition coefficient (Wildman–Crippen LogP) is 6.17. The monoisotopic (exact) mass is 498 g/mol. The van der Waals surface area contributed by atoms with Gasteiger partial charge in [-0.1, -0.05) is 18.2 Å². The van der Waals surface area contributed by atoms with Gasteiger partial charge in [0.2, 0.25) is 4.96 Å². The molecule has 0 saturated carbocycles. The Labute approximate surface area is 210 Å². The number of furan rings is 1. The first kappa shape index (κ1) is 22.1. The van der Waals surface area contributed by atoms with E-state index in [0.717, 1.165) is 38.5 Å². The standard InChI is InChI=1S/C27H22N4O4S/c1-16-7-8-22(28-13-16)17-5-4-6-19(9-17)34-15-18-10-20(32-2)11-24-21(18)12-25(35-24)23-14-31-26(29-23)36-27(30-31)33-3/h4-14H,15H2,1-3H3. The van der Waals surface area contributed by atoms with E-state index in [2.05, 4.69) is 21.1 Å². The first-order chi connectivity index (χ1) is 17.6. The quantitative estimate of drug-likeness (QED) is 0.260. The number of imidazole rings is 1. The highest BCUT2D eigenvalue weighted by Gasteiger charge is 2.17. The highest BCUT2D eigenvalue weighted by Crippen LogP contribution is 2.34. The number of rotatable bonds is 7. The van der Waals surface area contributed by atoms with Crippen LogP contribution >= 0.6 is 11.3 Å². The summed E-state index contributed by atoms with van der Waals surface area (Å²) >= 11 is 1.37. The number of hydrogen-bond acceptors (Lipinski definition) is 8. The summed E-state index contributed by atoms with van der Waals surface area (Å²) in [5.41, 5.74) is 5.36. The van der Waals surface area contributed by atoms with E-state index in [1.54, 1.807) is 18.7 Å². The molecule has 6 rings (SSSR count). The van der Waals surface area contributed by atoms with Crippen molar-refractivity contribution in [1.82, 2.24) is 19.6 Å². The topological polar surface area (TPSA) is 83.9 Å². The second kappa shape index (κ2) is 9.01. The van der Waals surface area contributed by atoms with Crippen LogP contribution < -0.4 is 14.2 Å². The SMILES string of the molecule is COc1cc(COc2cccc(-c3ccc(C)cn3)c2)c2cc(-c3cn4nc(OC)sc4n3)oc2c1. The molecule has 36 heavy (non-hydrogen) atoms. The molecule has 0 aliphatic carbocycles. The van der Waals surface area contributed by atoms with Gasteiger partial charge >= 0.3 is 0 Å². The molecule has 180 valence electrons. The Morgan fingerprint density at radius 1 is 0.972 bits per heavy atom. The Bertz CT molecular complexity index is 1650. The highest BCUT2D eigenvalue weighted by atomic mass is 32.1. The maximum atomic E-state index is 6.19. The van der Waals surface area contributed by atoms with E-state index >= 15 is 0 Å². The Balaban J connectivity index is 1.30. The fraction of sp³-hybridized carbons (Fsp3) is 0.148. The van der Waals surface area contributed by atoms with Crippen LogP contribution in [0.1, 0.15) is 11.1 Å². The first-order valence-electron chi connectivity index (χ1n) is 11.3. The molecule has 0 radical (unpaired) electrons. The van der Waals surface area contributed by atoms with Crippen LogP contribution in [0.5, 0.6) is 16.7 Å². The normalized spacial score (nSPS) is 11.3. The van der Waals surface area contributed by atoms with Crippen LogP contribution in [0.2, 0.25) is 0 Å². The molecular formula is C27H22N4O4S. The number of ether oxygens (including phenoxy) is 3. The van der Waals surface area contributed by atoms with Gasteiger partial charge in [0.25, 0.3) is 5.19 Å². The molecule has 0 saturated heterocycles. The number of hydrogen-bond donors (Lipinski definition) is 0. The Morgan fingerprint density at radius 3 is 2.67 bits per heavy atom. The molecule has 8 nitrogen and oxygen atoms in total. The van der Waals surface area contributed by atoms with Crippen LogP contribution in [-0.4, -0.2) is 33.8 Å². The van der Waals surface area contributed by atoms with Crippen LogP contribution in [-0.2, 0) is 6.61 Å². The highest BCUT2D eigenvalue weighted by molar-refractivity contribution is 7.18. The van der Waals surface area contributed by atoms with E-state index in [4.69, 9.17) is 18.6 Å². The van der Waals surface area contributed by atoms with E-state index in [1.165, 1.54) is 11.3 Å². The molecule has 0 fully saturated rings. The lowest BCUT2D eigenvalue weighted by Crippen LogP contribution is -1.97. The maximum Gasteiger partial charge on any atom is 0.294 e. The van der Waals surface area contributed by atoms with Crippen LogP contribution in [0, 0.1) is 6.92 Å². The Kier molecular flexibility index (Phi) is 5.54. The van der Waals surface area contributed by atoms with Crippen LogP contribution in [0.3, 0.4) is 0 Å². The molecule has 0 bridgehead atoms. The minimum absolute atomic E-state index is 0.342. The van der Waals surface area contributed by atoms with Gasteiger partial charge in [-0.05, 0) is 54.2 Å². The van der Waals surface area contributed by atoms with Crippen molar-refractivity contribution in [3.05, 3.63) is 78.1 Å². The van der Waals surface area contributed by atoms with Crippen LogP contribution in [0.15, 0.2) is 71.4 Å². The molecule has 0 atom stereocenters. The van der Waals surface area contributed by atoms with Crippen LogP contribution in [0.4, 0.5) is 0 Å². The van der Waals surface area contributed by atoms with Gasteiger partial charge in [-0.15, -0.1) is 5.10 Å². The molecule has 0 aliphatic rings. The molecule has 6 aromatic rings. The number of methoxy groups -OCH3 is 2. The van der Waals surface area contributed by atoms with Crippen molar-refractivity contribution < 1.29 is 18.6 Å². The lowest BCUT2D eigenvalue weighted by Gasteiger charge is -2.10. The summed E-state index contributed by atoms with van der Waals surface area (Å²) in [5, 5.41) is 5.83. The van der Waals surface area contributed by atoms with Gasteiger partial charge < -0.3 is 18.6 Å². The lowest BCUT2D eigenvalue weighted by molar-refractivity contribution is 0.307. The Hall–Kier alpha value is -4.37. The molecule has 4 heterocycles. The van der Waals surface area contributed by atoms with E-state index in [-0.39, 0.29) is 0 Å². The third kappa shape index (κ3) is 4.14. The van der Waals surface area contributed by atoms with E-state index in [9.17, 15) is 0 Å². The van der Waals surface area contributed by atoms with Gasteiger partial charge in [-0.25, -0.2) is 9.50 Å². The summed E-state index contributed by atoms with van der Waals surface area (Å²) in [6.07, 6.45) is 3.69. The minimum Gasteiger partial charge on any atom is -0.497 e. The zero-order valence-electron chi connectivity index (χ0n) is 19.9. The first-order valence-corrected chi connectivity index (χ1v) is 12.1. The van der Waals surface area contributed by atoms with Gasteiger partial charge in [-0.3, -0.25) is 4.98 Å². The number of nitrogens with zero attached hydrogens (tertiary/aromatic N) is 4. The van der Waals surface area contributed by atoms with Gasteiger partial charge in [0.05, 0.1) is 26.1 Å².